The van der Waals surface area contributed by atoms with E-state index in [2.05, 4.69) is 59.8 Å². The molecule has 2 saturated carbocycles. The van der Waals surface area contributed by atoms with E-state index in [1.807, 2.05) is 6.92 Å². The maximum absolute atomic E-state index is 11.2. The monoisotopic (exact) mass is 468 g/mol. The molecule has 7 atom stereocenters. The number of allylic oxidation sites excluding steroid dienone is 5. The fourth-order valence-corrected chi connectivity index (χ4v) is 9.10. The van der Waals surface area contributed by atoms with Crippen LogP contribution in [0, 0.1) is 39.4 Å². The van der Waals surface area contributed by atoms with E-state index in [4.69, 9.17) is 4.74 Å². The van der Waals surface area contributed by atoms with Crippen LogP contribution in [0.15, 0.2) is 34.9 Å². The van der Waals surface area contributed by atoms with Gasteiger partial charge in [-0.1, -0.05) is 65.3 Å². The zero-order valence-electron chi connectivity index (χ0n) is 22.7. The number of ether oxygens (including phenoxy) is 1. The molecule has 4 aliphatic rings. The summed E-state index contributed by atoms with van der Waals surface area (Å²) in [6.45, 7) is 17.6. The molecule has 3 nitrogen and oxygen atoms in total. The lowest BCUT2D eigenvalue weighted by Crippen LogP contribution is -2.55. The van der Waals surface area contributed by atoms with Gasteiger partial charge in [0.2, 0.25) is 0 Å². The van der Waals surface area contributed by atoms with Crippen molar-refractivity contribution in [1.29, 1.82) is 0 Å². The number of hydrogen-bond acceptors (Lipinski definition) is 3. The molecular weight excluding hydrogens is 420 g/mol. The quantitative estimate of drug-likeness (QED) is 0.312. The van der Waals surface area contributed by atoms with Crippen LogP contribution < -0.4 is 0 Å². The van der Waals surface area contributed by atoms with Crippen LogP contribution in [0.1, 0.15) is 99.8 Å². The zero-order valence-corrected chi connectivity index (χ0v) is 22.7. The van der Waals surface area contributed by atoms with Crippen molar-refractivity contribution in [2.45, 2.75) is 106 Å². The zero-order chi connectivity index (χ0) is 24.9. The van der Waals surface area contributed by atoms with Crippen LogP contribution >= 0.6 is 0 Å². The lowest BCUT2D eigenvalue weighted by molar-refractivity contribution is -0.153. The molecule has 0 aliphatic heterocycles. The lowest BCUT2D eigenvalue weighted by atomic mass is 9.44. The van der Waals surface area contributed by atoms with E-state index in [-0.39, 0.29) is 29.0 Å². The number of aliphatic hydroxyl groups is 1. The summed E-state index contributed by atoms with van der Waals surface area (Å²) >= 11 is 0. The Labute approximate surface area is 208 Å². The van der Waals surface area contributed by atoms with Gasteiger partial charge in [-0.15, -0.1) is 0 Å². The third-order valence-electron chi connectivity index (χ3n) is 11.5. The minimum absolute atomic E-state index is 0.0169. The first kappa shape index (κ1) is 25.7. The van der Waals surface area contributed by atoms with Crippen molar-refractivity contribution in [3.05, 3.63) is 34.9 Å². The van der Waals surface area contributed by atoms with E-state index in [1.54, 1.807) is 11.1 Å². The molecule has 0 aromatic heterocycles. The maximum Gasteiger partial charge on any atom is 0.293 e. The fraction of sp³-hybridized carbons (Fsp3) is 0.774. The second-order valence-corrected chi connectivity index (χ2v) is 13.4. The van der Waals surface area contributed by atoms with Crippen molar-refractivity contribution in [3.8, 4) is 0 Å². The van der Waals surface area contributed by atoms with Crippen molar-refractivity contribution in [2.75, 3.05) is 6.61 Å². The van der Waals surface area contributed by atoms with E-state index >= 15 is 0 Å². The van der Waals surface area contributed by atoms with Crippen LogP contribution in [-0.2, 0) is 9.53 Å². The average molecular weight is 469 g/mol. The summed E-state index contributed by atoms with van der Waals surface area (Å²) in [5.74, 6) is 1.92. The first-order valence-electron chi connectivity index (χ1n) is 13.7. The van der Waals surface area contributed by atoms with Gasteiger partial charge in [-0.3, -0.25) is 4.79 Å². The van der Waals surface area contributed by atoms with E-state index in [1.165, 1.54) is 25.7 Å². The molecule has 0 saturated heterocycles. The Hall–Kier alpha value is -1.35. The molecule has 0 bridgehead atoms. The minimum atomic E-state index is -0.0224. The van der Waals surface area contributed by atoms with Gasteiger partial charge in [0.15, 0.2) is 0 Å². The van der Waals surface area contributed by atoms with E-state index in [0.717, 1.165) is 37.2 Å². The molecule has 0 aromatic rings. The Morgan fingerprint density at radius 2 is 1.88 bits per heavy atom. The summed E-state index contributed by atoms with van der Waals surface area (Å²) in [7, 11) is 0. The molecule has 3 heteroatoms. The second kappa shape index (κ2) is 8.95. The fourth-order valence-electron chi connectivity index (χ4n) is 9.10. The van der Waals surface area contributed by atoms with Gasteiger partial charge in [0.1, 0.15) is 6.10 Å². The Morgan fingerprint density at radius 1 is 1.15 bits per heavy atom. The molecule has 2 fully saturated rings. The number of fused-ring (bicyclic) bond motifs is 5. The van der Waals surface area contributed by atoms with E-state index < -0.39 is 0 Å². The van der Waals surface area contributed by atoms with Crippen LogP contribution in [0.3, 0.4) is 0 Å². The van der Waals surface area contributed by atoms with Crippen LogP contribution in [-0.4, -0.2) is 24.3 Å². The Morgan fingerprint density at radius 3 is 2.56 bits per heavy atom. The van der Waals surface area contributed by atoms with Gasteiger partial charge in [-0.05, 0) is 103 Å². The summed E-state index contributed by atoms with van der Waals surface area (Å²) < 4.78 is 5.59. The van der Waals surface area contributed by atoms with Gasteiger partial charge >= 0.3 is 0 Å². The van der Waals surface area contributed by atoms with Crippen LogP contribution in [0.2, 0.25) is 0 Å². The van der Waals surface area contributed by atoms with E-state index in [9.17, 15) is 9.90 Å². The van der Waals surface area contributed by atoms with Gasteiger partial charge in [-0.25, -0.2) is 0 Å². The Kier molecular flexibility index (Phi) is 6.77. The summed E-state index contributed by atoms with van der Waals surface area (Å²) in [5, 5.41) is 9.32. The number of carbonyl (C=O) groups excluding carboxylic acids is 1. The molecule has 0 spiro atoms. The SMILES string of the molecule is C/C(=C\CC[C@@H](C)[C@H]1CC[C@@]2(C)C3=CC[C@H]4C(C)(C)[C@@H](OC=O)CC[C@]4(C)C3=CC[C@]12C)CO. The number of hydrogen-bond donors (Lipinski definition) is 1. The van der Waals surface area contributed by atoms with Gasteiger partial charge in [0.25, 0.3) is 6.47 Å². The molecule has 4 aliphatic carbocycles. The van der Waals surface area contributed by atoms with E-state index in [0.29, 0.717) is 23.7 Å². The third-order valence-corrected chi connectivity index (χ3v) is 11.5. The standard InChI is InChI=1S/C31H48O3/c1-21(19-32)9-8-10-22(2)23-13-17-31(7)25-11-12-26-28(3,4)27(34-20-33)15-16-29(26,5)24(25)14-18-30(23,31)6/h9,11,14,20,22-23,26-27,32H,8,10,12-13,15-19H2,1-7H3/b21-9+/t22-,23-,26+,27+,29-,30-,31+/m1/s1. The highest BCUT2D eigenvalue weighted by atomic mass is 16.5. The van der Waals surface area contributed by atoms with Crippen molar-refractivity contribution in [1.82, 2.24) is 0 Å². The first-order chi connectivity index (χ1) is 16.0. The predicted octanol–water partition coefficient (Wildman–Crippen LogP) is 7.41. The van der Waals surface area contributed by atoms with Gasteiger partial charge in [-0.2, -0.15) is 0 Å². The van der Waals surface area contributed by atoms with Gasteiger partial charge in [0, 0.05) is 5.41 Å². The molecule has 0 unspecified atom stereocenters. The summed E-state index contributed by atoms with van der Waals surface area (Å²) in [6, 6.07) is 0. The average Bonchev–Trinajstić information content (AvgIpc) is 3.07. The van der Waals surface area contributed by atoms with Crippen molar-refractivity contribution < 1.29 is 14.6 Å². The highest BCUT2D eigenvalue weighted by Crippen LogP contribution is 2.71. The Bertz CT molecular complexity index is 894. The summed E-state index contributed by atoms with van der Waals surface area (Å²) in [4.78, 5) is 11.2. The molecular formula is C31H48O3. The number of rotatable bonds is 7. The molecule has 0 aromatic carbocycles. The molecule has 190 valence electrons. The highest BCUT2D eigenvalue weighted by Gasteiger charge is 2.63. The highest BCUT2D eigenvalue weighted by molar-refractivity contribution is 5.50. The molecule has 4 rings (SSSR count). The molecule has 0 radical (unpaired) electrons. The molecule has 34 heavy (non-hydrogen) atoms. The number of carbonyl (C=O) groups is 1. The Balaban J connectivity index is 1.62. The smallest absolute Gasteiger partial charge is 0.293 e. The molecule has 1 N–H and O–H groups in total. The predicted molar refractivity (Wildman–Crippen MR) is 139 cm³/mol. The summed E-state index contributed by atoms with van der Waals surface area (Å²) in [6.07, 6.45) is 16.7. The van der Waals surface area contributed by atoms with Crippen molar-refractivity contribution in [3.63, 3.8) is 0 Å². The van der Waals surface area contributed by atoms with Crippen molar-refractivity contribution in [2.24, 2.45) is 39.4 Å². The molecule has 0 heterocycles. The van der Waals surface area contributed by atoms with Crippen molar-refractivity contribution >= 4 is 6.47 Å². The lowest BCUT2D eigenvalue weighted by Gasteiger charge is -2.61. The summed E-state index contributed by atoms with van der Waals surface area (Å²) in [5.41, 5.74) is 5.04. The van der Waals surface area contributed by atoms with Crippen LogP contribution in [0.25, 0.3) is 0 Å². The van der Waals surface area contributed by atoms with Gasteiger partial charge < -0.3 is 9.84 Å². The third kappa shape index (κ3) is 3.67. The second-order valence-electron chi connectivity index (χ2n) is 13.4. The largest absolute Gasteiger partial charge is 0.464 e. The molecule has 0 amide bonds. The van der Waals surface area contributed by atoms with Crippen LogP contribution in [0.5, 0.6) is 0 Å². The van der Waals surface area contributed by atoms with Gasteiger partial charge in [0.05, 0.1) is 6.61 Å². The maximum atomic E-state index is 11.2. The minimum Gasteiger partial charge on any atom is -0.464 e. The van der Waals surface area contributed by atoms with Crippen LogP contribution in [0.4, 0.5) is 0 Å². The number of aliphatic hydroxyl groups excluding tert-OH is 1. The first-order valence-corrected chi connectivity index (χ1v) is 13.7. The normalized spacial score (nSPS) is 42.0. The topological polar surface area (TPSA) is 46.5 Å².